The van der Waals surface area contributed by atoms with Crippen LogP contribution in [0.3, 0.4) is 0 Å². The minimum absolute atomic E-state index is 0.225. The Hall–Kier alpha value is -1.27. The summed E-state index contributed by atoms with van der Waals surface area (Å²) in [6.07, 6.45) is 4.99. The van der Waals surface area contributed by atoms with Gasteiger partial charge in [0, 0.05) is 0 Å². The summed E-state index contributed by atoms with van der Waals surface area (Å²) in [7, 11) is 0. The lowest BCUT2D eigenvalue weighted by Crippen LogP contribution is -1.92. The Balaban J connectivity index is 2.54. The highest BCUT2D eigenvalue weighted by atomic mass is 32.1. The molecule has 0 aliphatic heterocycles. The molecule has 3 heteroatoms. The molecule has 12 heavy (non-hydrogen) atoms. The van der Waals surface area contributed by atoms with Crippen molar-refractivity contribution in [1.82, 2.24) is 0 Å². The quantitative estimate of drug-likeness (QED) is 0.301. The summed E-state index contributed by atoms with van der Waals surface area (Å²) in [6, 6.07) is 3.96. The molecule has 0 saturated carbocycles. The Kier molecular flexibility index (Phi) is 3.36. The van der Waals surface area contributed by atoms with Crippen molar-refractivity contribution in [2.24, 2.45) is 5.16 Å². The molecule has 1 aromatic rings. The van der Waals surface area contributed by atoms with Gasteiger partial charge >= 0.3 is 0 Å². The number of hydrogen-bond donors (Lipinski definition) is 0. The second-order valence-corrected chi connectivity index (χ2v) is 3.08. The summed E-state index contributed by atoms with van der Waals surface area (Å²) in [5.41, 5.74) is 0.861. The summed E-state index contributed by atoms with van der Waals surface area (Å²) < 4.78 is 0. The van der Waals surface area contributed by atoms with Gasteiger partial charge in [-0.25, -0.2) is 0 Å². The van der Waals surface area contributed by atoms with E-state index in [0.717, 1.165) is 10.6 Å². The van der Waals surface area contributed by atoms with Crippen molar-refractivity contribution in [3.8, 4) is 12.3 Å². The molecule has 0 amide bonds. The lowest BCUT2D eigenvalue weighted by Gasteiger charge is -1.94. The van der Waals surface area contributed by atoms with Gasteiger partial charge in [0.25, 0.3) is 0 Å². The third-order valence-electron chi connectivity index (χ3n) is 1.23. The van der Waals surface area contributed by atoms with E-state index >= 15 is 0 Å². The van der Waals surface area contributed by atoms with Gasteiger partial charge in [-0.15, -0.1) is 17.8 Å². The lowest BCUT2D eigenvalue weighted by atomic mass is 10.3. The van der Waals surface area contributed by atoms with E-state index in [9.17, 15) is 0 Å². The van der Waals surface area contributed by atoms with Crippen LogP contribution in [0.5, 0.6) is 0 Å². The SMILES string of the molecule is C#CCO/N=C(\C)c1cccs1. The number of oxime groups is 1. The zero-order valence-electron chi connectivity index (χ0n) is 6.78. The maximum atomic E-state index is 4.99. The predicted molar refractivity (Wildman–Crippen MR) is 51.3 cm³/mol. The first kappa shape index (κ1) is 8.82. The Labute approximate surface area is 75.9 Å². The number of terminal acetylenes is 1. The zero-order chi connectivity index (χ0) is 8.81. The standard InChI is InChI=1S/C9H9NOS/c1-3-6-11-10-8(2)9-5-4-7-12-9/h1,4-5,7H,6H2,2H3/b10-8+. The van der Waals surface area contributed by atoms with Gasteiger partial charge in [-0.1, -0.05) is 17.1 Å². The smallest absolute Gasteiger partial charge is 0.177 e. The van der Waals surface area contributed by atoms with E-state index in [-0.39, 0.29) is 6.61 Å². The molecular weight excluding hydrogens is 170 g/mol. The van der Waals surface area contributed by atoms with Gasteiger partial charge in [0.05, 0.1) is 10.6 Å². The Bertz CT molecular complexity index is 295. The highest BCUT2D eigenvalue weighted by Gasteiger charge is 1.96. The van der Waals surface area contributed by atoms with Crippen LogP contribution in [-0.2, 0) is 4.84 Å². The Morgan fingerprint density at radius 2 is 2.67 bits per heavy atom. The van der Waals surface area contributed by atoms with E-state index < -0.39 is 0 Å². The zero-order valence-corrected chi connectivity index (χ0v) is 7.60. The van der Waals surface area contributed by atoms with Crippen LogP contribution >= 0.6 is 11.3 Å². The molecule has 0 N–H and O–H groups in total. The van der Waals surface area contributed by atoms with Crippen LogP contribution in [0, 0.1) is 12.3 Å². The van der Waals surface area contributed by atoms with Gasteiger partial charge in [0.15, 0.2) is 6.61 Å². The van der Waals surface area contributed by atoms with E-state index in [1.165, 1.54) is 0 Å². The molecule has 0 saturated heterocycles. The fourth-order valence-corrected chi connectivity index (χ4v) is 1.36. The van der Waals surface area contributed by atoms with E-state index in [0.29, 0.717) is 0 Å². The normalized spacial score (nSPS) is 10.8. The maximum absolute atomic E-state index is 4.99. The van der Waals surface area contributed by atoms with Crippen LogP contribution in [-0.4, -0.2) is 12.3 Å². The molecule has 2 nitrogen and oxygen atoms in total. The van der Waals surface area contributed by atoms with Crippen LogP contribution in [0.1, 0.15) is 11.8 Å². The van der Waals surface area contributed by atoms with Crippen molar-refractivity contribution in [2.75, 3.05) is 6.61 Å². The highest BCUT2D eigenvalue weighted by Crippen LogP contribution is 2.09. The second kappa shape index (κ2) is 4.58. The minimum Gasteiger partial charge on any atom is -0.382 e. The number of thiophene rings is 1. The second-order valence-electron chi connectivity index (χ2n) is 2.13. The van der Waals surface area contributed by atoms with Crippen molar-refractivity contribution < 1.29 is 4.84 Å². The van der Waals surface area contributed by atoms with E-state index in [4.69, 9.17) is 11.3 Å². The van der Waals surface area contributed by atoms with Crippen LogP contribution in [0.25, 0.3) is 0 Å². The molecule has 0 aliphatic rings. The monoisotopic (exact) mass is 179 g/mol. The van der Waals surface area contributed by atoms with E-state index in [1.807, 2.05) is 24.4 Å². The molecule has 0 radical (unpaired) electrons. The molecular formula is C9H9NOS. The molecule has 62 valence electrons. The number of rotatable bonds is 3. The average Bonchev–Trinajstić information content (AvgIpc) is 2.56. The molecule has 0 atom stereocenters. The fourth-order valence-electron chi connectivity index (χ4n) is 0.696. The van der Waals surface area contributed by atoms with Crippen LogP contribution in [0.2, 0.25) is 0 Å². The average molecular weight is 179 g/mol. The topological polar surface area (TPSA) is 21.6 Å². The summed E-state index contributed by atoms with van der Waals surface area (Å²) in [5.74, 6) is 2.34. The van der Waals surface area contributed by atoms with Gasteiger partial charge in [0.2, 0.25) is 0 Å². The third kappa shape index (κ3) is 2.40. The van der Waals surface area contributed by atoms with E-state index in [1.54, 1.807) is 11.3 Å². The number of nitrogens with zero attached hydrogens (tertiary/aromatic N) is 1. The van der Waals surface area contributed by atoms with Crippen LogP contribution in [0.4, 0.5) is 0 Å². The van der Waals surface area contributed by atoms with Crippen LogP contribution in [0.15, 0.2) is 22.7 Å². The minimum atomic E-state index is 0.225. The first-order chi connectivity index (χ1) is 5.84. The van der Waals surface area contributed by atoms with Gasteiger partial charge < -0.3 is 4.84 Å². The summed E-state index contributed by atoms with van der Waals surface area (Å²) in [6.45, 7) is 2.12. The van der Waals surface area contributed by atoms with Crippen molar-refractivity contribution >= 4 is 17.0 Å². The first-order valence-electron chi connectivity index (χ1n) is 3.48. The van der Waals surface area contributed by atoms with Gasteiger partial charge in [0.1, 0.15) is 0 Å². The fraction of sp³-hybridized carbons (Fsp3) is 0.222. The van der Waals surface area contributed by atoms with Gasteiger partial charge in [-0.2, -0.15) is 0 Å². The molecule has 0 aromatic carbocycles. The van der Waals surface area contributed by atoms with Crippen LogP contribution < -0.4 is 0 Å². The summed E-state index contributed by atoms with van der Waals surface area (Å²) in [4.78, 5) is 5.93. The lowest BCUT2D eigenvalue weighted by molar-refractivity contribution is 0.180. The predicted octanol–water partition coefficient (Wildman–Crippen LogP) is 2.12. The first-order valence-corrected chi connectivity index (χ1v) is 4.36. The van der Waals surface area contributed by atoms with Gasteiger partial charge in [-0.05, 0) is 18.4 Å². The summed E-state index contributed by atoms with van der Waals surface area (Å²) >= 11 is 1.63. The molecule has 0 spiro atoms. The van der Waals surface area contributed by atoms with Crippen molar-refractivity contribution in [2.45, 2.75) is 6.92 Å². The molecule has 1 aromatic heterocycles. The Morgan fingerprint density at radius 3 is 3.25 bits per heavy atom. The maximum Gasteiger partial charge on any atom is 0.177 e. The van der Waals surface area contributed by atoms with Crippen molar-refractivity contribution in [3.05, 3.63) is 22.4 Å². The molecule has 0 unspecified atom stereocenters. The highest BCUT2D eigenvalue weighted by molar-refractivity contribution is 7.12. The molecule has 0 bridgehead atoms. The largest absolute Gasteiger partial charge is 0.382 e. The summed E-state index contributed by atoms with van der Waals surface area (Å²) in [5, 5.41) is 5.84. The molecule has 0 aliphatic carbocycles. The van der Waals surface area contributed by atoms with E-state index in [2.05, 4.69) is 11.1 Å². The van der Waals surface area contributed by atoms with Crippen molar-refractivity contribution in [3.63, 3.8) is 0 Å². The molecule has 0 fully saturated rings. The van der Waals surface area contributed by atoms with Crippen molar-refractivity contribution in [1.29, 1.82) is 0 Å². The number of hydrogen-bond acceptors (Lipinski definition) is 3. The molecule has 1 rings (SSSR count). The molecule has 1 heterocycles. The third-order valence-corrected chi connectivity index (χ3v) is 2.21. The van der Waals surface area contributed by atoms with Gasteiger partial charge in [-0.3, -0.25) is 0 Å². The Morgan fingerprint density at radius 1 is 1.83 bits per heavy atom.